The lowest BCUT2D eigenvalue weighted by molar-refractivity contribution is 0.284. The van der Waals surface area contributed by atoms with Crippen LogP contribution in [0, 0.1) is 11.8 Å². The van der Waals surface area contributed by atoms with Crippen LogP contribution in [-0.4, -0.2) is 49.5 Å². The minimum atomic E-state index is -3.50. The van der Waals surface area contributed by atoms with Crippen molar-refractivity contribution < 1.29 is 8.42 Å². The Labute approximate surface area is 210 Å². The number of hydrogen-bond acceptors (Lipinski definition) is 8. The predicted molar refractivity (Wildman–Crippen MR) is 142 cm³/mol. The third-order valence-electron chi connectivity index (χ3n) is 6.41. The second-order valence-electron chi connectivity index (χ2n) is 10.3. The number of benzene rings is 1. The molecule has 1 fully saturated rings. The van der Waals surface area contributed by atoms with Gasteiger partial charge in [-0.15, -0.1) is 0 Å². The van der Waals surface area contributed by atoms with Crippen LogP contribution in [0.2, 0.25) is 0 Å². The molecule has 1 aromatic carbocycles. The zero-order chi connectivity index (χ0) is 25.5. The zero-order valence-corrected chi connectivity index (χ0v) is 22.5. The van der Waals surface area contributed by atoms with Gasteiger partial charge in [0.15, 0.2) is 0 Å². The first-order valence-corrected chi connectivity index (χ1v) is 14.2. The molecule has 0 radical (unpaired) electrons. The van der Waals surface area contributed by atoms with Gasteiger partial charge in [0.05, 0.1) is 4.90 Å². The molecule has 0 atom stereocenters. The first-order valence-electron chi connectivity index (χ1n) is 12.7. The fraction of sp³-hybridized carbons (Fsp3) is 0.640. The van der Waals surface area contributed by atoms with E-state index in [1.54, 1.807) is 12.1 Å². The number of hydrogen-bond donors (Lipinski definition) is 4. The van der Waals surface area contributed by atoms with Crippen molar-refractivity contribution in [3.8, 4) is 0 Å². The third kappa shape index (κ3) is 8.03. The summed E-state index contributed by atoms with van der Waals surface area (Å²) >= 11 is 0. The van der Waals surface area contributed by atoms with Crippen LogP contribution in [0.3, 0.4) is 0 Å². The standard InChI is InChI=1S/C25H41N7O2S/c1-6-26-22-30-23(27-7-2)32-24(31-22)28-16-18-8-10-19(11-9-18)17-29-35(33,34)21-14-12-20(13-15-21)25(3,4)5/h12-15,18-19,29H,6-11,16-17H2,1-5H3,(H3,26,27,28,30,31,32). The van der Waals surface area contributed by atoms with E-state index in [9.17, 15) is 8.42 Å². The monoisotopic (exact) mass is 503 g/mol. The summed E-state index contributed by atoms with van der Waals surface area (Å²) < 4.78 is 28.3. The molecule has 10 heteroatoms. The van der Waals surface area contributed by atoms with Crippen LogP contribution in [0.15, 0.2) is 29.2 Å². The molecule has 0 bridgehead atoms. The number of anilines is 3. The maximum absolute atomic E-state index is 12.8. The lowest BCUT2D eigenvalue weighted by Crippen LogP contribution is -2.32. The van der Waals surface area contributed by atoms with Crippen LogP contribution in [0.4, 0.5) is 17.8 Å². The Bertz CT molecular complexity index is 1020. The molecular weight excluding hydrogens is 462 g/mol. The minimum absolute atomic E-state index is 0.00386. The van der Waals surface area contributed by atoms with E-state index >= 15 is 0 Å². The Morgan fingerprint density at radius 3 is 1.69 bits per heavy atom. The van der Waals surface area contributed by atoms with Gasteiger partial charge in [0.1, 0.15) is 0 Å². The second kappa shape index (κ2) is 12.0. The van der Waals surface area contributed by atoms with Crippen LogP contribution in [0.1, 0.15) is 65.9 Å². The molecule has 1 saturated carbocycles. The molecule has 0 saturated heterocycles. The van der Waals surface area contributed by atoms with Crippen molar-refractivity contribution in [1.29, 1.82) is 0 Å². The van der Waals surface area contributed by atoms with Gasteiger partial charge >= 0.3 is 0 Å². The molecule has 35 heavy (non-hydrogen) atoms. The van der Waals surface area contributed by atoms with Gasteiger partial charge in [-0.25, -0.2) is 13.1 Å². The number of sulfonamides is 1. The smallest absolute Gasteiger partial charge is 0.240 e. The Kier molecular flexibility index (Phi) is 9.29. The van der Waals surface area contributed by atoms with Crippen LogP contribution in [0.5, 0.6) is 0 Å². The van der Waals surface area contributed by atoms with E-state index in [0.717, 1.165) is 50.9 Å². The van der Waals surface area contributed by atoms with E-state index in [4.69, 9.17) is 0 Å². The molecule has 1 heterocycles. The van der Waals surface area contributed by atoms with Gasteiger partial charge in [-0.1, -0.05) is 32.9 Å². The van der Waals surface area contributed by atoms with E-state index in [1.165, 1.54) is 0 Å². The summed E-state index contributed by atoms with van der Waals surface area (Å²) in [5.74, 6) is 2.55. The van der Waals surface area contributed by atoms with Gasteiger partial charge in [-0.2, -0.15) is 15.0 Å². The van der Waals surface area contributed by atoms with E-state index < -0.39 is 10.0 Å². The van der Waals surface area contributed by atoms with Crippen molar-refractivity contribution in [2.45, 2.75) is 70.6 Å². The van der Waals surface area contributed by atoms with Gasteiger partial charge in [0, 0.05) is 26.2 Å². The molecule has 1 aromatic heterocycles. The fourth-order valence-electron chi connectivity index (χ4n) is 4.25. The summed E-state index contributed by atoms with van der Waals surface area (Å²) in [5, 5.41) is 9.64. The summed E-state index contributed by atoms with van der Waals surface area (Å²) in [6.45, 7) is 13.1. The zero-order valence-electron chi connectivity index (χ0n) is 21.7. The van der Waals surface area contributed by atoms with E-state index in [-0.39, 0.29) is 5.41 Å². The topological polar surface area (TPSA) is 121 Å². The lowest BCUT2D eigenvalue weighted by atomic mass is 9.82. The highest BCUT2D eigenvalue weighted by Crippen LogP contribution is 2.29. The second-order valence-corrected chi connectivity index (χ2v) is 12.0. The van der Waals surface area contributed by atoms with Gasteiger partial charge in [-0.05, 0) is 74.5 Å². The third-order valence-corrected chi connectivity index (χ3v) is 7.85. The Hall–Kier alpha value is -2.46. The molecule has 4 N–H and O–H groups in total. The summed E-state index contributed by atoms with van der Waals surface area (Å²) in [5.41, 5.74) is 1.12. The number of rotatable bonds is 11. The molecular formula is C25H41N7O2S. The van der Waals surface area contributed by atoms with Gasteiger partial charge in [-0.3, -0.25) is 0 Å². The van der Waals surface area contributed by atoms with Crippen LogP contribution in [-0.2, 0) is 15.4 Å². The van der Waals surface area contributed by atoms with Gasteiger partial charge in [0.2, 0.25) is 27.9 Å². The molecule has 0 spiro atoms. The minimum Gasteiger partial charge on any atom is -0.354 e. The quantitative estimate of drug-likeness (QED) is 0.359. The summed E-state index contributed by atoms with van der Waals surface area (Å²) in [7, 11) is -3.50. The van der Waals surface area contributed by atoms with Crippen LogP contribution in [0.25, 0.3) is 0 Å². The molecule has 0 unspecified atom stereocenters. The number of nitrogens with one attached hydrogen (secondary N) is 4. The van der Waals surface area contributed by atoms with Crippen molar-refractivity contribution in [2.24, 2.45) is 11.8 Å². The molecule has 1 aliphatic carbocycles. The fourth-order valence-corrected chi connectivity index (χ4v) is 5.37. The highest BCUT2D eigenvalue weighted by Gasteiger charge is 2.24. The molecule has 2 aromatic rings. The van der Waals surface area contributed by atoms with Crippen LogP contribution < -0.4 is 20.7 Å². The molecule has 3 rings (SSSR count). The van der Waals surface area contributed by atoms with Crippen LogP contribution >= 0.6 is 0 Å². The number of nitrogens with zero attached hydrogens (tertiary/aromatic N) is 3. The Morgan fingerprint density at radius 1 is 0.771 bits per heavy atom. The molecule has 1 aliphatic rings. The molecule has 194 valence electrons. The van der Waals surface area contributed by atoms with Crippen molar-refractivity contribution in [3.63, 3.8) is 0 Å². The average Bonchev–Trinajstić information content (AvgIpc) is 2.82. The van der Waals surface area contributed by atoms with Crippen molar-refractivity contribution in [3.05, 3.63) is 29.8 Å². The maximum atomic E-state index is 12.8. The van der Waals surface area contributed by atoms with Gasteiger partial charge < -0.3 is 16.0 Å². The Morgan fingerprint density at radius 2 is 1.23 bits per heavy atom. The van der Waals surface area contributed by atoms with Gasteiger partial charge in [0.25, 0.3) is 0 Å². The summed E-state index contributed by atoms with van der Waals surface area (Å²) in [6.07, 6.45) is 4.09. The first kappa shape index (κ1) is 27.1. The van der Waals surface area contributed by atoms with Crippen molar-refractivity contribution in [2.75, 3.05) is 42.1 Å². The predicted octanol–water partition coefficient (Wildman–Crippen LogP) is 4.23. The summed E-state index contributed by atoms with van der Waals surface area (Å²) in [6, 6.07) is 7.22. The van der Waals surface area contributed by atoms with E-state index in [0.29, 0.717) is 41.1 Å². The Balaban J connectivity index is 1.46. The maximum Gasteiger partial charge on any atom is 0.240 e. The highest BCUT2D eigenvalue weighted by molar-refractivity contribution is 7.89. The first-order chi connectivity index (χ1) is 16.6. The number of aromatic nitrogens is 3. The SMILES string of the molecule is CCNc1nc(NCC)nc(NCC2CCC(CNS(=O)(=O)c3ccc(C(C)(C)C)cc3)CC2)n1. The molecule has 0 amide bonds. The molecule has 9 nitrogen and oxygen atoms in total. The van der Waals surface area contributed by atoms with E-state index in [1.807, 2.05) is 26.0 Å². The summed E-state index contributed by atoms with van der Waals surface area (Å²) in [4.78, 5) is 13.6. The van der Waals surface area contributed by atoms with Crippen molar-refractivity contribution in [1.82, 2.24) is 19.7 Å². The average molecular weight is 504 g/mol. The molecule has 0 aliphatic heterocycles. The normalized spacial score (nSPS) is 18.8. The largest absolute Gasteiger partial charge is 0.354 e. The highest BCUT2D eigenvalue weighted by atomic mass is 32.2. The van der Waals surface area contributed by atoms with E-state index in [2.05, 4.69) is 56.4 Å². The van der Waals surface area contributed by atoms with Crippen molar-refractivity contribution >= 4 is 27.9 Å². The lowest BCUT2D eigenvalue weighted by Gasteiger charge is -2.28.